The molecule has 0 bridgehead atoms. The number of rotatable bonds is 7. The molecular formula is C19H18ClN5O2. The summed E-state index contributed by atoms with van der Waals surface area (Å²) in [6, 6.07) is 14.7. The first kappa shape index (κ1) is 18.6. The molecule has 0 aliphatic heterocycles. The van der Waals surface area contributed by atoms with E-state index in [9.17, 15) is 4.79 Å². The van der Waals surface area contributed by atoms with Crippen LogP contribution in [0, 0.1) is 0 Å². The predicted molar refractivity (Wildman–Crippen MR) is 105 cm³/mol. The van der Waals surface area contributed by atoms with Crippen LogP contribution in [0.4, 0.5) is 17.5 Å². The number of nitrogens with one attached hydrogen (secondary N) is 2. The van der Waals surface area contributed by atoms with Crippen LogP contribution in [0.5, 0.6) is 0 Å². The van der Waals surface area contributed by atoms with E-state index in [-0.39, 0.29) is 5.95 Å². The fourth-order valence-corrected chi connectivity index (χ4v) is 2.55. The summed E-state index contributed by atoms with van der Waals surface area (Å²) >= 11 is 5.89. The van der Waals surface area contributed by atoms with Crippen LogP contribution in [0.25, 0.3) is 0 Å². The second kappa shape index (κ2) is 8.95. The number of anilines is 3. The first-order chi connectivity index (χ1) is 13.2. The van der Waals surface area contributed by atoms with Crippen LogP contribution in [-0.2, 0) is 11.2 Å². The predicted octanol–water partition coefficient (Wildman–Crippen LogP) is 3.71. The summed E-state index contributed by atoms with van der Waals surface area (Å²) in [5.74, 6) is 0.420. The maximum atomic E-state index is 11.8. The molecule has 1 heterocycles. The number of ether oxygens (including phenoxy) is 1. The third-order valence-corrected chi connectivity index (χ3v) is 4.02. The molecule has 0 fully saturated rings. The Morgan fingerprint density at radius 1 is 1.15 bits per heavy atom. The number of para-hydroxylation sites is 1. The monoisotopic (exact) mass is 383 g/mol. The van der Waals surface area contributed by atoms with Gasteiger partial charge in [-0.1, -0.05) is 35.9 Å². The van der Waals surface area contributed by atoms with E-state index in [4.69, 9.17) is 16.3 Å². The molecule has 8 heteroatoms. The molecule has 3 rings (SSSR count). The summed E-state index contributed by atoms with van der Waals surface area (Å²) in [6.45, 7) is 0.679. The van der Waals surface area contributed by atoms with Gasteiger partial charge in [-0.2, -0.15) is 10.1 Å². The van der Waals surface area contributed by atoms with Crippen molar-refractivity contribution < 1.29 is 9.53 Å². The highest BCUT2D eigenvalue weighted by molar-refractivity contribution is 6.30. The second-order valence-corrected chi connectivity index (χ2v) is 6.07. The Kier molecular flexibility index (Phi) is 6.17. The van der Waals surface area contributed by atoms with Gasteiger partial charge in [0.1, 0.15) is 0 Å². The lowest BCUT2D eigenvalue weighted by Crippen LogP contribution is -2.10. The van der Waals surface area contributed by atoms with E-state index in [2.05, 4.69) is 25.8 Å². The van der Waals surface area contributed by atoms with Crippen LogP contribution in [0.3, 0.4) is 0 Å². The number of methoxy groups -OCH3 is 1. The van der Waals surface area contributed by atoms with Crippen LogP contribution in [0.2, 0.25) is 5.02 Å². The van der Waals surface area contributed by atoms with Crippen molar-refractivity contribution in [3.63, 3.8) is 0 Å². The van der Waals surface area contributed by atoms with Gasteiger partial charge in [0.2, 0.25) is 5.95 Å². The minimum Gasteiger partial charge on any atom is -0.465 e. The molecule has 2 aromatic carbocycles. The second-order valence-electron chi connectivity index (χ2n) is 5.63. The van der Waals surface area contributed by atoms with E-state index in [0.717, 1.165) is 11.4 Å². The van der Waals surface area contributed by atoms with Gasteiger partial charge in [0.25, 0.3) is 0 Å². The van der Waals surface area contributed by atoms with Crippen LogP contribution in [0.1, 0.15) is 15.9 Å². The maximum absolute atomic E-state index is 11.8. The Balaban J connectivity index is 1.64. The van der Waals surface area contributed by atoms with E-state index in [1.807, 2.05) is 24.3 Å². The molecule has 7 nitrogen and oxygen atoms in total. The van der Waals surface area contributed by atoms with Crippen LogP contribution in [0.15, 0.2) is 54.7 Å². The zero-order valence-corrected chi connectivity index (χ0v) is 15.4. The lowest BCUT2D eigenvalue weighted by Gasteiger charge is -2.10. The first-order valence-corrected chi connectivity index (χ1v) is 8.66. The first-order valence-electron chi connectivity index (χ1n) is 8.28. The Labute approximate surface area is 161 Å². The van der Waals surface area contributed by atoms with Gasteiger partial charge in [0, 0.05) is 11.6 Å². The van der Waals surface area contributed by atoms with E-state index in [1.54, 1.807) is 30.5 Å². The third kappa shape index (κ3) is 5.15. The summed E-state index contributed by atoms with van der Waals surface area (Å²) in [6.07, 6.45) is 2.36. The molecule has 0 saturated heterocycles. The molecule has 0 radical (unpaired) electrons. The maximum Gasteiger partial charge on any atom is 0.339 e. The fraction of sp³-hybridized carbons (Fsp3) is 0.158. The summed E-state index contributed by atoms with van der Waals surface area (Å²) < 4.78 is 4.78. The smallest absolute Gasteiger partial charge is 0.339 e. The van der Waals surface area contributed by atoms with Crippen molar-refractivity contribution in [2.24, 2.45) is 0 Å². The molecule has 0 amide bonds. The van der Waals surface area contributed by atoms with Gasteiger partial charge in [-0.05, 0) is 36.2 Å². The fourth-order valence-electron chi connectivity index (χ4n) is 2.43. The van der Waals surface area contributed by atoms with Crippen molar-refractivity contribution in [1.29, 1.82) is 0 Å². The summed E-state index contributed by atoms with van der Waals surface area (Å²) in [4.78, 5) is 16.2. The average molecular weight is 384 g/mol. The number of esters is 1. The number of halogens is 1. The van der Waals surface area contributed by atoms with Crippen LogP contribution in [-0.4, -0.2) is 34.8 Å². The Morgan fingerprint density at radius 3 is 2.70 bits per heavy atom. The molecule has 27 heavy (non-hydrogen) atoms. The molecular weight excluding hydrogens is 366 g/mol. The minimum atomic E-state index is -0.441. The van der Waals surface area contributed by atoms with E-state index < -0.39 is 5.97 Å². The molecule has 138 valence electrons. The molecule has 0 spiro atoms. The Bertz CT molecular complexity index is 918. The minimum absolute atomic E-state index is 0.280. The summed E-state index contributed by atoms with van der Waals surface area (Å²) in [5, 5.41) is 14.8. The van der Waals surface area contributed by atoms with E-state index >= 15 is 0 Å². The third-order valence-electron chi connectivity index (χ3n) is 3.77. The Hall–Kier alpha value is -3.19. The number of aromatic nitrogens is 3. The van der Waals surface area contributed by atoms with Gasteiger partial charge in [-0.3, -0.25) is 0 Å². The number of benzene rings is 2. The van der Waals surface area contributed by atoms with Gasteiger partial charge in [0.15, 0.2) is 5.82 Å². The van der Waals surface area contributed by atoms with Gasteiger partial charge in [-0.15, -0.1) is 5.10 Å². The molecule has 0 aliphatic rings. The number of hydrogen-bond acceptors (Lipinski definition) is 7. The van der Waals surface area contributed by atoms with Crippen LogP contribution < -0.4 is 10.6 Å². The molecule has 0 saturated carbocycles. The normalized spacial score (nSPS) is 10.3. The molecule has 0 aliphatic carbocycles. The molecule has 0 unspecified atom stereocenters. The summed E-state index contributed by atoms with van der Waals surface area (Å²) in [7, 11) is 1.34. The van der Waals surface area contributed by atoms with Gasteiger partial charge in [-0.25, -0.2) is 4.79 Å². The van der Waals surface area contributed by atoms with Crippen molar-refractivity contribution in [2.75, 3.05) is 24.3 Å². The number of carbonyl (C=O) groups excluding carboxylic acids is 1. The summed E-state index contributed by atoms with van der Waals surface area (Å²) in [5.41, 5.74) is 2.11. The van der Waals surface area contributed by atoms with Gasteiger partial charge < -0.3 is 15.4 Å². The lowest BCUT2D eigenvalue weighted by atomic mass is 10.1. The van der Waals surface area contributed by atoms with Crippen molar-refractivity contribution in [3.05, 3.63) is 70.9 Å². The van der Waals surface area contributed by atoms with E-state index in [1.165, 1.54) is 12.7 Å². The van der Waals surface area contributed by atoms with Gasteiger partial charge >= 0.3 is 5.97 Å². The quantitative estimate of drug-likeness (QED) is 0.601. The van der Waals surface area contributed by atoms with Gasteiger partial charge in [0.05, 0.1) is 24.6 Å². The number of hydrogen-bond donors (Lipinski definition) is 2. The standard InChI is InChI=1S/C19H18ClN5O2/c1-27-18(26)15-4-2-3-5-16(15)23-19-24-17(12-22-25-19)21-11-10-13-6-8-14(20)9-7-13/h2-9,12H,10-11H2,1H3,(H2,21,23,24,25). The Morgan fingerprint density at radius 2 is 1.93 bits per heavy atom. The number of carbonyl (C=O) groups is 1. The molecule has 3 aromatic rings. The SMILES string of the molecule is COC(=O)c1ccccc1Nc1nncc(NCCc2ccc(Cl)cc2)n1. The van der Waals surface area contributed by atoms with Crippen molar-refractivity contribution in [2.45, 2.75) is 6.42 Å². The van der Waals surface area contributed by atoms with Crippen LogP contribution >= 0.6 is 11.6 Å². The highest BCUT2D eigenvalue weighted by Crippen LogP contribution is 2.19. The molecule has 2 N–H and O–H groups in total. The lowest BCUT2D eigenvalue weighted by molar-refractivity contribution is 0.0602. The zero-order chi connectivity index (χ0) is 19.1. The molecule has 1 aromatic heterocycles. The van der Waals surface area contributed by atoms with E-state index in [0.29, 0.717) is 23.6 Å². The topological polar surface area (TPSA) is 89.0 Å². The highest BCUT2D eigenvalue weighted by Gasteiger charge is 2.12. The highest BCUT2D eigenvalue weighted by atomic mass is 35.5. The average Bonchev–Trinajstić information content (AvgIpc) is 2.70. The molecule has 0 atom stereocenters. The number of nitrogens with zero attached hydrogens (tertiary/aromatic N) is 3. The zero-order valence-electron chi connectivity index (χ0n) is 14.6. The largest absolute Gasteiger partial charge is 0.465 e. The van der Waals surface area contributed by atoms with Crippen molar-refractivity contribution >= 4 is 35.0 Å². The van der Waals surface area contributed by atoms with Crippen molar-refractivity contribution in [1.82, 2.24) is 15.2 Å². The van der Waals surface area contributed by atoms with Crippen molar-refractivity contribution in [3.8, 4) is 0 Å².